The van der Waals surface area contributed by atoms with E-state index in [0.717, 1.165) is 4.47 Å². The number of hydrogen-bond donors (Lipinski definition) is 2. The van der Waals surface area contributed by atoms with Crippen LogP contribution in [0.4, 0.5) is 5.69 Å². The second kappa shape index (κ2) is 6.39. The minimum Gasteiger partial charge on any atom is -0.481 e. The van der Waals surface area contributed by atoms with Crippen molar-refractivity contribution in [3.63, 3.8) is 0 Å². The van der Waals surface area contributed by atoms with E-state index in [2.05, 4.69) is 31.9 Å². The number of hydrogen-bond acceptors (Lipinski definition) is 4. The summed E-state index contributed by atoms with van der Waals surface area (Å²) < 4.78 is 13.6. The molecule has 1 aliphatic heterocycles. The number of rotatable bonds is 4. The van der Waals surface area contributed by atoms with Crippen LogP contribution in [-0.2, 0) is 14.1 Å². The summed E-state index contributed by atoms with van der Waals surface area (Å²) in [5.41, 5.74) is 6.27. The summed E-state index contributed by atoms with van der Waals surface area (Å²) in [5, 5.41) is 9.32. The van der Waals surface area contributed by atoms with E-state index in [-0.39, 0.29) is 6.42 Å². The van der Waals surface area contributed by atoms with Crippen molar-refractivity contribution in [3.8, 4) is 0 Å². The van der Waals surface area contributed by atoms with Crippen LogP contribution in [0.5, 0.6) is 0 Å². The fourth-order valence-electron chi connectivity index (χ4n) is 2.51. The van der Waals surface area contributed by atoms with Crippen molar-refractivity contribution in [2.45, 2.75) is 51.1 Å². The highest BCUT2D eigenvalue weighted by atomic mass is 79.9. The predicted molar refractivity (Wildman–Crippen MR) is 97.3 cm³/mol. The molecule has 0 aromatic heterocycles. The van der Waals surface area contributed by atoms with E-state index < -0.39 is 30.1 Å². The van der Waals surface area contributed by atoms with Crippen LogP contribution in [0.3, 0.4) is 0 Å². The van der Waals surface area contributed by atoms with Crippen molar-refractivity contribution in [3.05, 3.63) is 26.6 Å². The molecule has 2 rings (SSSR count). The van der Waals surface area contributed by atoms with Gasteiger partial charge in [0.05, 0.1) is 17.6 Å². The molecule has 8 heteroatoms. The van der Waals surface area contributed by atoms with Gasteiger partial charge in [-0.15, -0.1) is 0 Å². The molecule has 1 aliphatic rings. The van der Waals surface area contributed by atoms with Crippen LogP contribution in [0.25, 0.3) is 0 Å². The molecule has 0 radical (unpaired) electrons. The summed E-state index contributed by atoms with van der Waals surface area (Å²) in [6.07, 6.45) is -0.135. The lowest BCUT2D eigenvalue weighted by molar-refractivity contribution is -0.137. The lowest BCUT2D eigenvalue weighted by Gasteiger charge is -2.32. The molecule has 1 aromatic carbocycles. The second-order valence-corrected chi connectivity index (χ2v) is 8.49. The van der Waals surface area contributed by atoms with Crippen LogP contribution in [0.1, 0.15) is 45.5 Å². The normalized spacial score (nSPS) is 20.5. The van der Waals surface area contributed by atoms with E-state index >= 15 is 0 Å². The smallest absolute Gasteiger partial charge is 0.466 e. The van der Waals surface area contributed by atoms with Crippen molar-refractivity contribution < 1.29 is 19.2 Å². The van der Waals surface area contributed by atoms with E-state index in [1.165, 1.54) is 0 Å². The van der Waals surface area contributed by atoms with Crippen LogP contribution in [0.15, 0.2) is 21.1 Å². The highest BCUT2D eigenvalue weighted by molar-refractivity contribution is 9.11. The number of aliphatic carboxylic acids is 1. The monoisotopic (exact) mass is 447 g/mol. The number of benzene rings is 1. The zero-order valence-corrected chi connectivity index (χ0v) is 16.7. The molecular formula is C15H20BBr2NO4. The Morgan fingerprint density at radius 1 is 1.26 bits per heavy atom. The van der Waals surface area contributed by atoms with Gasteiger partial charge < -0.3 is 20.1 Å². The number of nitrogen functional groups attached to an aromatic ring is 1. The number of nitrogens with two attached hydrogens (primary N) is 1. The van der Waals surface area contributed by atoms with E-state index in [1.807, 2.05) is 39.8 Å². The minimum atomic E-state index is -0.930. The molecule has 5 nitrogen and oxygen atoms in total. The molecule has 1 atom stereocenters. The van der Waals surface area contributed by atoms with Gasteiger partial charge >= 0.3 is 13.1 Å². The zero-order valence-electron chi connectivity index (χ0n) is 13.5. The van der Waals surface area contributed by atoms with E-state index in [0.29, 0.717) is 15.7 Å². The first kappa shape index (κ1) is 18.8. The molecule has 3 N–H and O–H groups in total. The van der Waals surface area contributed by atoms with E-state index in [9.17, 15) is 9.90 Å². The Labute approximate surface area is 153 Å². The fourth-order valence-corrected chi connectivity index (χ4v) is 3.76. The highest BCUT2D eigenvalue weighted by Gasteiger charge is 2.54. The number of halogens is 2. The molecule has 126 valence electrons. The van der Waals surface area contributed by atoms with Crippen molar-refractivity contribution in [2.75, 3.05) is 5.73 Å². The number of carbonyl (C=O) groups is 1. The Morgan fingerprint density at radius 3 is 2.26 bits per heavy atom. The SMILES string of the molecule is CC1(C)OB(C(CC(=O)O)c2cc(Br)cc(Br)c2N)OC1(C)C. The van der Waals surface area contributed by atoms with Crippen LogP contribution < -0.4 is 5.73 Å². The summed E-state index contributed by atoms with van der Waals surface area (Å²) in [6.45, 7) is 7.74. The largest absolute Gasteiger partial charge is 0.481 e. The predicted octanol–water partition coefficient (Wildman–Crippen LogP) is 3.98. The van der Waals surface area contributed by atoms with Crippen LogP contribution >= 0.6 is 31.9 Å². The maximum atomic E-state index is 11.4. The van der Waals surface area contributed by atoms with Gasteiger partial charge in [-0.3, -0.25) is 4.79 Å². The molecule has 1 aromatic rings. The number of carboxylic acid groups (broad SMARTS) is 1. The maximum absolute atomic E-state index is 11.4. The molecule has 0 saturated carbocycles. The van der Waals surface area contributed by atoms with Gasteiger partial charge in [0, 0.05) is 20.5 Å². The van der Waals surface area contributed by atoms with Gasteiger partial charge in [0.2, 0.25) is 0 Å². The lowest BCUT2D eigenvalue weighted by atomic mass is 9.66. The molecule has 23 heavy (non-hydrogen) atoms. The molecule has 1 saturated heterocycles. The molecule has 0 aliphatic carbocycles. The van der Waals surface area contributed by atoms with Gasteiger partial charge in [-0.2, -0.15) is 0 Å². The third-order valence-corrected chi connectivity index (χ3v) is 5.63. The molecule has 1 heterocycles. The average Bonchev–Trinajstić information content (AvgIpc) is 2.60. The number of anilines is 1. The fraction of sp³-hybridized carbons (Fsp3) is 0.533. The van der Waals surface area contributed by atoms with Crippen LogP contribution in [0.2, 0.25) is 0 Å². The quantitative estimate of drug-likeness (QED) is 0.537. The van der Waals surface area contributed by atoms with Crippen molar-refractivity contribution in [2.24, 2.45) is 0 Å². The molecule has 0 amide bonds. The Balaban J connectivity index is 2.46. The molecule has 1 fully saturated rings. The lowest BCUT2D eigenvalue weighted by Crippen LogP contribution is -2.41. The zero-order chi connectivity index (χ0) is 17.6. The minimum absolute atomic E-state index is 0.135. The van der Waals surface area contributed by atoms with Crippen LogP contribution in [0, 0.1) is 0 Å². The Bertz CT molecular complexity index is 620. The summed E-state index contributed by atoms with van der Waals surface area (Å²) >= 11 is 6.82. The van der Waals surface area contributed by atoms with Crippen molar-refractivity contribution >= 4 is 50.6 Å². The highest BCUT2D eigenvalue weighted by Crippen LogP contribution is 2.44. The van der Waals surface area contributed by atoms with Gasteiger partial charge in [-0.05, 0) is 61.3 Å². The topological polar surface area (TPSA) is 81.8 Å². The molecule has 1 unspecified atom stereocenters. The Hall–Kier alpha value is -0.565. The first-order valence-electron chi connectivity index (χ1n) is 7.26. The van der Waals surface area contributed by atoms with Crippen molar-refractivity contribution in [1.29, 1.82) is 0 Å². The van der Waals surface area contributed by atoms with Gasteiger partial charge in [-0.1, -0.05) is 15.9 Å². The summed E-state index contributed by atoms with van der Waals surface area (Å²) in [7, 11) is -0.681. The Kier molecular flexibility index (Phi) is 5.21. The Morgan fingerprint density at radius 2 is 1.78 bits per heavy atom. The maximum Gasteiger partial charge on any atom is 0.466 e. The van der Waals surface area contributed by atoms with E-state index in [4.69, 9.17) is 15.0 Å². The first-order valence-corrected chi connectivity index (χ1v) is 8.85. The summed E-state index contributed by atoms with van der Waals surface area (Å²) in [6, 6.07) is 3.64. The third-order valence-electron chi connectivity index (χ3n) is 4.52. The standard InChI is InChI=1S/C15H20BBr2NO4/c1-14(2)15(3,4)23-16(22-14)10(7-12(20)21)9-5-8(17)6-11(18)13(9)19/h5-6,10H,7,19H2,1-4H3,(H,20,21). The summed E-state index contributed by atoms with van der Waals surface area (Å²) in [4.78, 5) is 11.4. The molecule has 0 spiro atoms. The van der Waals surface area contributed by atoms with Gasteiger partial charge in [0.1, 0.15) is 0 Å². The van der Waals surface area contributed by atoms with Crippen molar-refractivity contribution in [1.82, 2.24) is 0 Å². The number of carboxylic acids is 1. The van der Waals surface area contributed by atoms with Gasteiger partial charge in [0.25, 0.3) is 0 Å². The third kappa shape index (κ3) is 3.75. The molecular weight excluding hydrogens is 429 g/mol. The summed E-state index contributed by atoms with van der Waals surface area (Å²) in [5.74, 6) is -1.44. The second-order valence-electron chi connectivity index (χ2n) is 6.72. The van der Waals surface area contributed by atoms with E-state index in [1.54, 1.807) is 0 Å². The van der Waals surface area contributed by atoms with Gasteiger partial charge in [0.15, 0.2) is 0 Å². The first-order chi connectivity index (χ1) is 10.4. The molecule has 0 bridgehead atoms. The van der Waals surface area contributed by atoms with Crippen LogP contribution in [-0.4, -0.2) is 29.4 Å². The average molecular weight is 449 g/mol. The van der Waals surface area contributed by atoms with Gasteiger partial charge in [-0.25, -0.2) is 0 Å².